The number of nitrogens with zero attached hydrogens (tertiary/aromatic N) is 2. The smallest absolute Gasteiger partial charge is 0.228 e. The van der Waals surface area contributed by atoms with Gasteiger partial charge >= 0.3 is 0 Å². The molecule has 1 saturated heterocycles. The first-order chi connectivity index (χ1) is 15.0. The van der Waals surface area contributed by atoms with E-state index in [1.54, 1.807) is 35.1 Å². The van der Waals surface area contributed by atoms with Crippen molar-refractivity contribution in [1.29, 1.82) is 0 Å². The first-order valence-electron chi connectivity index (χ1n) is 10.3. The lowest BCUT2D eigenvalue weighted by atomic mass is 10.1. The van der Waals surface area contributed by atoms with E-state index >= 15 is 0 Å². The van der Waals surface area contributed by atoms with Crippen LogP contribution in [-0.4, -0.2) is 50.1 Å². The second-order valence-corrected chi connectivity index (χ2v) is 7.67. The highest BCUT2D eigenvalue weighted by Crippen LogP contribution is 2.36. The number of carbonyl (C=O) groups is 2. The predicted molar refractivity (Wildman–Crippen MR) is 117 cm³/mol. The molecule has 0 bridgehead atoms. The van der Waals surface area contributed by atoms with Crippen molar-refractivity contribution in [2.24, 2.45) is 5.92 Å². The third-order valence-corrected chi connectivity index (χ3v) is 5.40. The largest absolute Gasteiger partial charge is 0.490 e. The first-order valence-corrected chi connectivity index (χ1v) is 10.3. The number of hydrogen-bond donors (Lipinski definition) is 0. The Balaban J connectivity index is 1.38. The minimum Gasteiger partial charge on any atom is -0.490 e. The molecule has 2 aromatic carbocycles. The monoisotopic (exact) mass is 422 g/mol. The molecule has 0 spiro atoms. The van der Waals surface area contributed by atoms with Crippen molar-refractivity contribution in [3.8, 4) is 17.2 Å². The molecule has 1 unspecified atom stereocenters. The van der Waals surface area contributed by atoms with E-state index in [4.69, 9.17) is 14.2 Å². The standard InChI is InChI=1S/C24H26N2O5/c1-3-10-29-20-7-4-17(5-8-20)15-25(2)24(28)18-13-23(27)26(16-18)19-6-9-21-22(14-19)31-12-11-30-21/h3-9,14,18H,1,10-13,15-16H2,2H3. The summed E-state index contributed by atoms with van der Waals surface area (Å²) in [6, 6.07) is 13.1. The second-order valence-electron chi connectivity index (χ2n) is 7.67. The highest BCUT2D eigenvalue weighted by Gasteiger charge is 2.36. The van der Waals surface area contributed by atoms with Crippen molar-refractivity contribution in [1.82, 2.24) is 4.90 Å². The van der Waals surface area contributed by atoms with Crippen molar-refractivity contribution in [2.75, 3.05) is 38.3 Å². The number of rotatable bonds is 7. The average molecular weight is 422 g/mol. The van der Waals surface area contributed by atoms with Gasteiger partial charge in [0.05, 0.1) is 5.92 Å². The Morgan fingerprint density at radius 2 is 1.94 bits per heavy atom. The Morgan fingerprint density at radius 3 is 2.68 bits per heavy atom. The SMILES string of the molecule is C=CCOc1ccc(CN(C)C(=O)C2CC(=O)N(c3ccc4c(c3)OCCO4)C2)cc1. The summed E-state index contributed by atoms with van der Waals surface area (Å²) in [7, 11) is 1.77. The van der Waals surface area contributed by atoms with E-state index in [0.717, 1.165) is 17.0 Å². The Hall–Kier alpha value is -3.48. The highest BCUT2D eigenvalue weighted by molar-refractivity contribution is 6.00. The molecule has 1 fully saturated rings. The number of hydrogen-bond acceptors (Lipinski definition) is 5. The molecule has 2 aliphatic rings. The van der Waals surface area contributed by atoms with E-state index in [9.17, 15) is 9.59 Å². The van der Waals surface area contributed by atoms with Gasteiger partial charge in [0.2, 0.25) is 11.8 Å². The number of carbonyl (C=O) groups excluding carboxylic acids is 2. The zero-order valence-corrected chi connectivity index (χ0v) is 17.6. The van der Waals surface area contributed by atoms with Gasteiger partial charge in [-0.15, -0.1) is 0 Å². The maximum atomic E-state index is 13.0. The molecule has 7 nitrogen and oxygen atoms in total. The highest BCUT2D eigenvalue weighted by atomic mass is 16.6. The molecule has 0 aromatic heterocycles. The van der Waals surface area contributed by atoms with Crippen LogP contribution in [0.25, 0.3) is 0 Å². The number of fused-ring (bicyclic) bond motifs is 1. The lowest BCUT2D eigenvalue weighted by Gasteiger charge is -2.23. The molecule has 0 saturated carbocycles. The first kappa shape index (κ1) is 20.8. The van der Waals surface area contributed by atoms with Crippen LogP contribution < -0.4 is 19.1 Å². The Kier molecular flexibility index (Phi) is 6.11. The summed E-state index contributed by atoms with van der Waals surface area (Å²) in [4.78, 5) is 28.9. The molecule has 2 aromatic rings. The maximum Gasteiger partial charge on any atom is 0.228 e. The van der Waals surface area contributed by atoms with Gasteiger partial charge in [-0.2, -0.15) is 0 Å². The van der Waals surface area contributed by atoms with Crippen molar-refractivity contribution >= 4 is 17.5 Å². The third kappa shape index (κ3) is 4.66. The van der Waals surface area contributed by atoms with Crippen LogP contribution in [0.4, 0.5) is 5.69 Å². The van der Waals surface area contributed by atoms with Gasteiger partial charge in [-0.1, -0.05) is 24.8 Å². The molecular formula is C24H26N2O5. The van der Waals surface area contributed by atoms with Crippen LogP contribution in [0, 0.1) is 5.92 Å². The zero-order valence-electron chi connectivity index (χ0n) is 17.6. The van der Waals surface area contributed by atoms with Crippen LogP contribution >= 0.6 is 0 Å². The van der Waals surface area contributed by atoms with E-state index in [1.165, 1.54) is 0 Å². The summed E-state index contributed by atoms with van der Waals surface area (Å²) in [5, 5.41) is 0. The predicted octanol–water partition coefficient (Wildman–Crippen LogP) is 3.03. The third-order valence-electron chi connectivity index (χ3n) is 5.40. The van der Waals surface area contributed by atoms with E-state index in [0.29, 0.717) is 44.4 Å². The summed E-state index contributed by atoms with van der Waals surface area (Å²) in [6.45, 7) is 5.91. The van der Waals surface area contributed by atoms with E-state index in [2.05, 4.69) is 6.58 Å². The van der Waals surface area contributed by atoms with Crippen LogP contribution in [0.5, 0.6) is 17.2 Å². The number of benzene rings is 2. The second kappa shape index (κ2) is 9.12. The molecule has 1 atom stereocenters. The molecular weight excluding hydrogens is 396 g/mol. The van der Waals surface area contributed by atoms with Crippen molar-refractivity contribution in [2.45, 2.75) is 13.0 Å². The van der Waals surface area contributed by atoms with Gasteiger partial charge < -0.3 is 24.0 Å². The topological polar surface area (TPSA) is 68.3 Å². The molecule has 2 aliphatic heterocycles. The molecule has 0 radical (unpaired) electrons. The van der Waals surface area contributed by atoms with E-state index in [-0.39, 0.29) is 24.2 Å². The molecule has 162 valence electrons. The Morgan fingerprint density at radius 1 is 1.19 bits per heavy atom. The van der Waals surface area contributed by atoms with Gasteiger partial charge in [-0.25, -0.2) is 0 Å². The number of ether oxygens (including phenoxy) is 3. The quantitative estimate of drug-likeness (QED) is 0.642. The van der Waals surface area contributed by atoms with Crippen molar-refractivity contribution < 1.29 is 23.8 Å². The van der Waals surface area contributed by atoms with Crippen LogP contribution in [0.1, 0.15) is 12.0 Å². The molecule has 2 amide bonds. The molecule has 7 heteroatoms. The van der Waals surface area contributed by atoms with Gasteiger partial charge in [-0.05, 0) is 29.8 Å². The van der Waals surface area contributed by atoms with Crippen LogP contribution in [0.3, 0.4) is 0 Å². The minimum atomic E-state index is -0.374. The Bertz CT molecular complexity index is 972. The maximum absolute atomic E-state index is 13.0. The fourth-order valence-corrected chi connectivity index (χ4v) is 3.83. The lowest BCUT2D eigenvalue weighted by Crippen LogP contribution is -2.34. The summed E-state index contributed by atoms with van der Waals surface area (Å²) in [6.07, 6.45) is 1.89. The van der Waals surface area contributed by atoms with Crippen molar-refractivity contribution in [3.05, 3.63) is 60.7 Å². The van der Waals surface area contributed by atoms with Gasteiger partial charge in [0.1, 0.15) is 25.6 Å². The summed E-state index contributed by atoms with van der Waals surface area (Å²) in [5.74, 6) is 1.58. The Labute approximate surface area is 181 Å². The summed E-state index contributed by atoms with van der Waals surface area (Å²) < 4.78 is 16.6. The average Bonchev–Trinajstić information content (AvgIpc) is 3.19. The fraction of sp³-hybridized carbons (Fsp3) is 0.333. The van der Waals surface area contributed by atoms with Gasteiger partial charge in [0.25, 0.3) is 0 Å². The van der Waals surface area contributed by atoms with E-state index < -0.39 is 0 Å². The minimum absolute atomic E-state index is 0.0413. The summed E-state index contributed by atoms with van der Waals surface area (Å²) >= 11 is 0. The molecule has 31 heavy (non-hydrogen) atoms. The van der Waals surface area contributed by atoms with E-state index in [1.807, 2.05) is 30.3 Å². The molecule has 0 aliphatic carbocycles. The van der Waals surface area contributed by atoms with Crippen molar-refractivity contribution in [3.63, 3.8) is 0 Å². The molecule has 4 rings (SSSR count). The fourth-order valence-electron chi connectivity index (χ4n) is 3.83. The normalized spacial score (nSPS) is 17.4. The van der Waals surface area contributed by atoms with Crippen LogP contribution in [0.15, 0.2) is 55.1 Å². The lowest BCUT2D eigenvalue weighted by molar-refractivity contribution is -0.135. The number of amides is 2. The number of anilines is 1. The van der Waals surface area contributed by atoms with Gasteiger partial charge in [0.15, 0.2) is 11.5 Å². The van der Waals surface area contributed by atoms with Crippen LogP contribution in [-0.2, 0) is 16.1 Å². The summed E-state index contributed by atoms with van der Waals surface area (Å²) in [5.41, 5.74) is 1.72. The van der Waals surface area contributed by atoms with Gasteiger partial charge in [-0.3, -0.25) is 9.59 Å². The molecule has 0 N–H and O–H groups in total. The van der Waals surface area contributed by atoms with Crippen LogP contribution in [0.2, 0.25) is 0 Å². The molecule has 2 heterocycles. The zero-order chi connectivity index (χ0) is 21.8. The van der Waals surface area contributed by atoms with Gasteiger partial charge in [0, 0.05) is 38.3 Å².